The summed E-state index contributed by atoms with van der Waals surface area (Å²) in [5.74, 6) is -0.180. The van der Waals surface area contributed by atoms with Crippen molar-refractivity contribution in [2.75, 3.05) is 11.6 Å². The van der Waals surface area contributed by atoms with Gasteiger partial charge in [0, 0.05) is 4.47 Å². The highest BCUT2D eigenvalue weighted by molar-refractivity contribution is 9.10. The molecule has 1 aliphatic rings. The molecule has 1 aromatic carbocycles. The first-order chi connectivity index (χ1) is 8.41. The van der Waals surface area contributed by atoms with E-state index in [-0.39, 0.29) is 18.0 Å². The van der Waals surface area contributed by atoms with E-state index >= 15 is 0 Å². The molecule has 0 spiro atoms. The van der Waals surface area contributed by atoms with Gasteiger partial charge in [0.25, 0.3) is 0 Å². The molecule has 0 fully saturated rings. The molecule has 18 heavy (non-hydrogen) atoms. The van der Waals surface area contributed by atoms with Crippen LogP contribution in [0.2, 0.25) is 5.02 Å². The fourth-order valence-electron chi connectivity index (χ4n) is 1.99. The number of fused-ring (bicyclic) bond motifs is 1. The minimum atomic E-state index is -0.892. The van der Waals surface area contributed by atoms with Gasteiger partial charge in [-0.25, -0.2) is 0 Å². The van der Waals surface area contributed by atoms with E-state index in [0.717, 1.165) is 4.47 Å². The second kappa shape index (κ2) is 4.87. The minimum Gasteiger partial charge on any atom is -0.363 e. The van der Waals surface area contributed by atoms with Gasteiger partial charge < -0.3 is 5.32 Å². The molecule has 0 bridgehead atoms. The topological polar surface area (TPSA) is 46.2 Å². The number of hydrogen-bond donors (Lipinski definition) is 1. The summed E-state index contributed by atoms with van der Waals surface area (Å²) in [5, 5.41) is 3.57. The molecule has 0 saturated heterocycles. The summed E-state index contributed by atoms with van der Waals surface area (Å²) < 4.78 is 0.731. The third kappa shape index (κ3) is 2.08. The number of ketones is 2. The summed E-state index contributed by atoms with van der Waals surface area (Å²) in [6.45, 7) is 1.49. The highest BCUT2D eigenvalue weighted by Gasteiger charge is 2.43. The number of benzene rings is 1. The quantitative estimate of drug-likeness (QED) is 0.884. The van der Waals surface area contributed by atoms with Crippen molar-refractivity contribution in [2.24, 2.45) is 0 Å². The Bertz CT molecular complexity index is 549. The number of Topliss-reactive ketones (excluding diaryl/α,β-unsaturated/α-hetero) is 2. The third-order valence-corrected chi connectivity index (χ3v) is 5.24. The Hall–Kier alpha value is -0.520. The van der Waals surface area contributed by atoms with Gasteiger partial charge in [-0.2, -0.15) is 0 Å². The molecule has 0 amide bonds. The lowest BCUT2D eigenvalue weighted by atomic mass is 9.94. The van der Waals surface area contributed by atoms with Crippen molar-refractivity contribution in [2.45, 2.75) is 18.2 Å². The van der Waals surface area contributed by atoms with Crippen LogP contribution in [0.4, 0.5) is 5.69 Å². The van der Waals surface area contributed by atoms with Crippen molar-refractivity contribution >= 4 is 56.5 Å². The van der Waals surface area contributed by atoms with E-state index in [2.05, 4.69) is 21.2 Å². The van der Waals surface area contributed by atoms with Gasteiger partial charge in [0.2, 0.25) is 0 Å². The second-order valence-electron chi connectivity index (χ2n) is 4.09. The van der Waals surface area contributed by atoms with E-state index in [9.17, 15) is 9.59 Å². The van der Waals surface area contributed by atoms with Crippen LogP contribution in [0.5, 0.6) is 0 Å². The molecular formula is C12H11BrClNO2S. The summed E-state index contributed by atoms with van der Waals surface area (Å²) >= 11 is 10.8. The second-order valence-corrected chi connectivity index (χ2v) is 6.46. The summed E-state index contributed by atoms with van der Waals surface area (Å²) in [4.78, 5) is 23.2. The summed E-state index contributed by atoms with van der Waals surface area (Å²) in [6, 6.07) is 3.43. The molecule has 0 saturated carbocycles. The number of hydrogen-bond acceptors (Lipinski definition) is 4. The van der Waals surface area contributed by atoms with Crippen LogP contribution in [0, 0.1) is 0 Å². The van der Waals surface area contributed by atoms with Crippen molar-refractivity contribution < 1.29 is 9.59 Å². The fourth-order valence-corrected chi connectivity index (χ4v) is 3.45. The number of rotatable bonds is 2. The Labute approximate surface area is 123 Å². The lowest BCUT2D eigenvalue weighted by Crippen LogP contribution is -2.47. The highest BCUT2D eigenvalue weighted by atomic mass is 79.9. The van der Waals surface area contributed by atoms with Crippen LogP contribution in [-0.4, -0.2) is 22.7 Å². The van der Waals surface area contributed by atoms with E-state index in [0.29, 0.717) is 16.3 Å². The molecule has 3 nitrogen and oxygen atoms in total. The van der Waals surface area contributed by atoms with Crippen molar-refractivity contribution in [1.29, 1.82) is 0 Å². The van der Waals surface area contributed by atoms with Gasteiger partial charge >= 0.3 is 0 Å². The Balaban J connectivity index is 2.62. The van der Waals surface area contributed by atoms with E-state index in [1.54, 1.807) is 12.1 Å². The predicted octanol–water partition coefficient (Wildman–Crippen LogP) is 3.75. The third-order valence-electron chi connectivity index (χ3n) is 3.04. The summed E-state index contributed by atoms with van der Waals surface area (Å²) in [7, 11) is 0. The Morgan fingerprint density at radius 1 is 1.56 bits per heavy atom. The van der Waals surface area contributed by atoms with Gasteiger partial charge in [0.15, 0.2) is 11.6 Å². The van der Waals surface area contributed by atoms with Gasteiger partial charge in [-0.05, 0) is 41.2 Å². The van der Waals surface area contributed by atoms with Crippen molar-refractivity contribution in [1.82, 2.24) is 0 Å². The minimum absolute atomic E-state index is 0.0686. The van der Waals surface area contributed by atoms with Crippen molar-refractivity contribution in [3.05, 3.63) is 27.2 Å². The molecule has 0 aliphatic carbocycles. The van der Waals surface area contributed by atoms with Crippen LogP contribution < -0.4 is 5.32 Å². The first-order valence-electron chi connectivity index (χ1n) is 5.27. The Morgan fingerprint density at radius 3 is 2.78 bits per heavy atom. The molecule has 1 aliphatic heterocycles. The molecule has 0 aromatic heterocycles. The van der Waals surface area contributed by atoms with Gasteiger partial charge in [-0.3, -0.25) is 9.59 Å². The number of thioether (sulfide) groups is 1. The fraction of sp³-hybridized carbons (Fsp3) is 0.333. The van der Waals surface area contributed by atoms with Crippen LogP contribution in [0.3, 0.4) is 0 Å². The van der Waals surface area contributed by atoms with Crippen LogP contribution >= 0.6 is 39.3 Å². The normalized spacial score (nSPS) is 22.3. The molecule has 96 valence electrons. The number of carbonyl (C=O) groups excluding carboxylic acids is 2. The van der Waals surface area contributed by atoms with E-state index in [1.165, 1.54) is 18.7 Å². The highest BCUT2D eigenvalue weighted by Crippen LogP contribution is 2.43. The van der Waals surface area contributed by atoms with Gasteiger partial charge in [-0.15, -0.1) is 11.8 Å². The van der Waals surface area contributed by atoms with Crippen LogP contribution in [0.1, 0.15) is 23.7 Å². The predicted molar refractivity (Wildman–Crippen MR) is 78.6 cm³/mol. The van der Waals surface area contributed by atoms with E-state index in [4.69, 9.17) is 11.6 Å². The van der Waals surface area contributed by atoms with Gasteiger partial charge in [0.1, 0.15) is 4.87 Å². The van der Waals surface area contributed by atoms with Crippen molar-refractivity contribution in [3.8, 4) is 0 Å². The first kappa shape index (κ1) is 13.9. The number of anilines is 1. The molecule has 1 atom stereocenters. The zero-order chi connectivity index (χ0) is 13.5. The Morgan fingerprint density at radius 2 is 2.22 bits per heavy atom. The molecule has 2 rings (SSSR count). The number of halogens is 2. The maximum atomic E-state index is 12.2. The molecular weight excluding hydrogens is 338 g/mol. The summed E-state index contributed by atoms with van der Waals surface area (Å²) in [5.41, 5.74) is 1.06. The van der Waals surface area contributed by atoms with Crippen LogP contribution in [-0.2, 0) is 4.79 Å². The molecule has 0 radical (unpaired) electrons. The average molecular weight is 349 g/mol. The molecule has 6 heteroatoms. The smallest absolute Gasteiger partial charge is 0.170 e. The van der Waals surface area contributed by atoms with E-state index < -0.39 is 4.87 Å². The zero-order valence-corrected chi connectivity index (χ0v) is 13.0. The van der Waals surface area contributed by atoms with E-state index in [1.807, 2.05) is 6.26 Å². The summed E-state index contributed by atoms with van der Waals surface area (Å²) in [6.07, 6.45) is 1.93. The maximum absolute atomic E-state index is 12.2. The van der Waals surface area contributed by atoms with Crippen LogP contribution in [0.25, 0.3) is 0 Å². The molecule has 1 aromatic rings. The first-order valence-corrected chi connectivity index (χ1v) is 7.66. The maximum Gasteiger partial charge on any atom is 0.170 e. The zero-order valence-electron chi connectivity index (χ0n) is 9.84. The van der Waals surface area contributed by atoms with Gasteiger partial charge in [-0.1, -0.05) is 11.6 Å². The molecule has 1 N–H and O–H groups in total. The standard InChI is InChI=1S/C12H11BrClNO2S/c1-6(16)12(18-2)5-9(17)10-8(14)4-3-7(13)11(10)15-12/h3-4,15H,5H2,1-2H3. The monoisotopic (exact) mass is 347 g/mol. The average Bonchev–Trinajstić information content (AvgIpc) is 2.33. The van der Waals surface area contributed by atoms with Crippen molar-refractivity contribution in [3.63, 3.8) is 0 Å². The number of nitrogens with one attached hydrogen (secondary N) is 1. The Kier molecular flexibility index (Phi) is 3.76. The SMILES string of the molecule is CSC1(C(C)=O)CC(=O)c2c(Cl)ccc(Br)c2N1. The van der Waals surface area contributed by atoms with Crippen LogP contribution in [0.15, 0.2) is 16.6 Å². The lowest BCUT2D eigenvalue weighted by Gasteiger charge is -2.36. The largest absolute Gasteiger partial charge is 0.363 e. The molecule has 1 unspecified atom stereocenters. The lowest BCUT2D eigenvalue weighted by molar-refractivity contribution is -0.118. The number of carbonyl (C=O) groups is 2. The van der Waals surface area contributed by atoms with Gasteiger partial charge in [0.05, 0.1) is 22.7 Å². The molecule has 1 heterocycles.